The number of nitrogens with zero attached hydrogens (tertiary/aromatic N) is 3. The number of fused-ring (bicyclic) bond motifs is 2. The second kappa shape index (κ2) is 10.1. The van der Waals surface area contributed by atoms with E-state index in [4.69, 9.17) is 9.57 Å². The lowest BCUT2D eigenvalue weighted by atomic mass is 9.84. The lowest BCUT2D eigenvalue weighted by Crippen LogP contribution is -2.45. The lowest BCUT2D eigenvalue weighted by Gasteiger charge is -2.43. The average molecular weight is 535 g/mol. The second-order valence-electron chi connectivity index (χ2n) is 9.29. The Morgan fingerprint density at radius 3 is 2.74 bits per heavy atom. The standard InChI is InChI=1S/C22H29F3N4O4S2/c23-22(24,25)20-18(14-30)17-1-8-32-21(19(17)34-20)4-6-28(7-5-21)12-15-11-26-29(13-15)27-33-16-2-9-35(31)10-3-16/h11,13,16,27,30H,1-10,12,14H2. The molecule has 2 aromatic heterocycles. The first-order valence-corrected chi connectivity index (χ1v) is 14.1. The predicted octanol–water partition coefficient (Wildman–Crippen LogP) is 2.91. The first-order valence-electron chi connectivity index (χ1n) is 11.8. The average Bonchev–Trinajstić information content (AvgIpc) is 3.45. The third-order valence-electron chi connectivity index (χ3n) is 7.03. The highest BCUT2D eigenvalue weighted by molar-refractivity contribution is 7.85. The summed E-state index contributed by atoms with van der Waals surface area (Å²) >= 11 is 0.744. The minimum absolute atomic E-state index is 0.0143. The van der Waals surface area contributed by atoms with Gasteiger partial charge < -0.3 is 9.84 Å². The van der Waals surface area contributed by atoms with Gasteiger partial charge in [0.2, 0.25) is 0 Å². The highest BCUT2D eigenvalue weighted by atomic mass is 32.2. The summed E-state index contributed by atoms with van der Waals surface area (Å²) in [5.74, 6) is 1.31. The molecule has 3 aliphatic rings. The minimum atomic E-state index is -4.48. The van der Waals surface area contributed by atoms with Gasteiger partial charge in [0.25, 0.3) is 0 Å². The van der Waals surface area contributed by atoms with E-state index in [-0.39, 0.29) is 11.7 Å². The van der Waals surface area contributed by atoms with E-state index in [1.807, 2.05) is 6.20 Å². The number of hydrogen-bond donors (Lipinski definition) is 2. The van der Waals surface area contributed by atoms with Gasteiger partial charge in [0.15, 0.2) is 0 Å². The van der Waals surface area contributed by atoms with Crippen LogP contribution in [0.3, 0.4) is 0 Å². The summed E-state index contributed by atoms with van der Waals surface area (Å²) in [5, 5.41) is 13.9. The largest absolute Gasteiger partial charge is 0.425 e. The van der Waals surface area contributed by atoms with Crippen LogP contribution >= 0.6 is 11.3 Å². The molecule has 5 heterocycles. The summed E-state index contributed by atoms with van der Waals surface area (Å²) in [4.78, 5) is 9.37. The van der Waals surface area contributed by atoms with E-state index >= 15 is 0 Å². The number of ether oxygens (including phenoxy) is 1. The number of halogens is 3. The van der Waals surface area contributed by atoms with Gasteiger partial charge >= 0.3 is 6.18 Å². The zero-order valence-corrected chi connectivity index (χ0v) is 20.8. The Hall–Kier alpha value is -1.51. The van der Waals surface area contributed by atoms with Crippen LogP contribution < -0.4 is 5.59 Å². The quantitative estimate of drug-likeness (QED) is 0.551. The molecule has 0 unspecified atom stereocenters. The van der Waals surface area contributed by atoms with Gasteiger partial charge in [-0.15, -0.1) is 11.3 Å². The van der Waals surface area contributed by atoms with Gasteiger partial charge in [-0.1, -0.05) is 0 Å². The third-order valence-corrected chi connectivity index (χ3v) is 9.92. The Balaban J connectivity index is 1.19. The van der Waals surface area contributed by atoms with Crippen LogP contribution in [-0.4, -0.2) is 61.4 Å². The SMILES string of the molecule is O=S1CCC(ONn2cc(CN3CCC4(CC3)OCCc3c4sc(C(F)(F)F)c3CO)cn2)CC1. The van der Waals surface area contributed by atoms with Crippen LogP contribution in [0, 0.1) is 0 Å². The summed E-state index contributed by atoms with van der Waals surface area (Å²) in [7, 11) is -0.736. The summed E-state index contributed by atoms with van der Waals surface area (Å²) in [5.41, 5.74) is 3.75. The highest BCUT2D eigenvalue weighted by Crippen LogP contribution is 2.50. The normalized spacial score (nSPS) is 25.0. The van der Waals surface area contributed by atoms with Crippen molar-refractivity contribution in [3.8, 4) is 0 Å². The van der Waals surface area contributed by atoms with E-state index in [0.717, 1.165) is 29.7 Å². The number of piperidine rings is 1. The Kier molecular flexibility index (Phi) is 7.26. The number of nitrogens with one attached hydrogen (secondary N) is 1. The fourth-order valence-electron chi connectivity index (χ4n) is 5.15. The zero-order chi connectivity index (χ0) is 24.6. The Morgan fingerprint density at radius 1 is 1.31 bits per heavy atom. The maximum Gasteiger partial charge on any atom is 0.425 e. The van der Waals surface area contributed by atoms with Gasteiger partial charge in [0.05, 0.1) is 31.7 Å². The molecule has 2 aromatic rings. The number of rotatable bonds is 6. The van der Waals surface area contributed by atoms with Crippen LogP contribution in [0.4, 0.5) is 13.2 Å². The minimum Gasteiger partial charge on any atom is -0.392 e. The molecule has 0 aliphatic carbocycles. The molecule has 2 saturated heterocycles. The van der Waals surface area contributed by atoms with E-state index < -0.39 is 34.1 Å². The molecular formula is C22H29F3N4O4S2. The van der Waals surface area contributed by atoms with Crippen LogP contribution in [0.2, 0.25) is 0 Å². The fourth-order valence-corrected chi connectivity index (χ4v) is 7.84. The molecule has 13 heteroatoms. The zero-order valence-electron chi connectivity index (χ0n) is 19.2. The highest BCUT2D eigenvalue weighted by Gasteiger charge is 2.47. The molecule has 35 heavy (non-hydrogen) atoms. The van der Waals surface area contributed by atoms with Crippen LogP contribution in [-0.2, 0) is 51.7 Å². The summed E-state index contributed by atoms with van der Waals surface area (Å²) in [6, 6.07) is 0. The summed E-state index contributed by atoms with van der Waals surface area (Å²) in [6.45, 7) is 1.78. The summed E-state index contributed by atoms with van der Waals surface area (Å²) < 4.78 is 58.3. The smallest absolute Gasteiger partial charge is 0.392 e. The van der Waals surface area contributed by atoms with Crippen molar-refractivity contribution in [1.82, 2.24) is 14.8 Å². The molecule has 0 radical (unpaired) electrons. The molecule has 194 valence electrons. The monoisotopic (exact) mass is 534 g/mol. The molecule has 0 bridgehead atoms. The van der Waals surface area contributed by atoms with E-state index in [9.17, 15) is 22.5 Å². The fraction of sp³-hybridized carbons (Fsp3) is 0.682. The van der Waals surface area contributed by atoms with Crippen molar-refractivity contribution in [3.05, 3.63) is 38.8 Å². The van der Waals surface area contributed by atoms with Gasteiger partial charge in [0, 0.05) is 57.9 Å². The maximum atomic E-state index is 13.6. The molecule has 0 atom stereocenters. The number of thiophene rings is 1. The van der Waals surface area contributed by atoms with Crippen LogP contribution in [0.1, 0.15) is 52.1 Å². The first-order chi connectivity index (χ1) is 16.8. The van der Waals surface area contributed by atoms with Gasteiger partial charge in [-0.05, 0) is 37.7 Å². The Morgan fingerprint density at radius 2 is 2.06 bits per heavy atom. The van der Waals surface area contributed by atoms with Gasteiger partial charge in [-0.2, -0.15) is 28.6 Å². The number of aromatic nitrogens is 2. The van der Waals surface area contributed by atoms with Gasteiger partial charge in [0.1, 0.15) is 10.5 Å². The second-order valence-corrected chi connectivity index (χ2v) is 12.0. The molecular weight excluding hydrogens is 505 g/mol. The number of alkyl halides is 3. The Bertz CT molecular complexity index is 1060. The van der Waals surface area contributed by atoms with Gasteiger partial charge in [-0.3, -0.25) is 13.9 Å². The van der Waals surface area contributed by atoms with E-state index in [1.165, 1.54) is 4.79 Å². The third kappa shape index (κ3) is 5.30. The summed E-state index contributed by atoms with van der Waals surface area (Å²) in [6.07, 6.45) is 2.25. The molecule has 5 rings (SSSR count). The predicted molar refractivity (Wildman–Crippen MR) is 125 cm³/mol. The number of hydrogen-bond acceptors (Lipinski definition) is 8. The molecule has 3 aliphatic heterocycles. The molecule has 0 amide bonds. The maximum absolute atomic E-state index is 13.6. The van der Waals surface area contributed by atoms with Crippen molar-refractivity contribution < 1.29 is 32.1 Å². The topological polar surface area (TPSA) is 88.9 Å². The first kappa shape index (κ1) is 25.2. The molecule has 1 spiro atoms. The van der Waals surface area contributed by atoms with E-state index in [1.54, 1.807) is 6.20 Å². The molecule has 2 fully saturated rings. The van der Waals surface area contributed by atoms with Crippen molar-refractivity contribution in [3.63, 3.8) is 0 Å². The van der Waals surface area contributed by atoms with Crippen molar-refractivity contribution in [2.75, 3.05) is 36.8 Å². The molecule has 0 aromatic carbocycles. The van der Waals surface area contributed by atoms with Crippen LogP contribution in [0.25, 0.3) is 0 Å². The van der Waals surface area contributed by atoms with E-state index in [0.29, 0.717) is 67.4 Å². The van der Waals surface area contributed by atoms with Crippen LogP contribution in [0.15, 0.2) is 12.4 Å². The van der Waals surface area contributed by atoms with Crippen molar-refractivity contribution in [2.45, 2.75) is 63.1 Å². The lowest BCUT2D eigenvalue weighted by molar-refractivity contribution is -0.135. The Labute approximate surface area is 207 Å². The number of aliphatic hydroxyl groups is 1. The molecule has 8 nitrogen and oxygen atoms in total. The molecule has 2 N–H and O–H groups in total. The van der Waals surface area contributed by atoms with Crippen molar-refractivity contribution >= 4 is 22.1 Å². The number of aliphatic hydroxyl groups excluding tert-OH is 1. The number of likely N-dealkylation sites (tertiary alicyclic amines) is 1. The van der Waals surface area contributed by atoms with Gasteiger partial charge in [-0.25, -0.2) is 0 Å². The van der Waals surface area contributed by atoms with Crippen LogP contribution in [0.5, 0.6) is 0 Å². The van der Waals surface area contributed by atoms with Crippen molar-refractivity contribution in [2.24, 2.45) is 0 Å². The van der Waals surface area contributed by atoms with Crippen molar-refractivity contribution in [1.29, 1.82) is 0 Å². The van der Waals surface area contributed by atoms with E-state index in [2.05, 4.69) is 15.6 Å². The molecule has 0 saturated carbocycles.